The molecule has 1 aliphatic heterocycles. The van der Waals surface area contributed by atoms with Crippen LogP contribution in [0, 0.1) is 5.92 Å². The van der Waals surface area contributed by atoms with Crippen molar-refractivity contribution in [2.24, 2.45) is 5.92 Å². The highest BCUT2D eigenvalue weighted by atomic mass is 35.5. The normalized spacial score (nSPS) is 27.9. The third-order valence-electron chi connectivity index (χ3n) is 4.29. The van der Waals surface area contributed by atoms with E-state index in [-0.39, 0.29) is 23.8 Å². The largest absolute Gasteiger partial charge is 0.341 e. The van der Waals surface area contributed by atoms with E-state index in [0.29, 0.717) is 24.5 Å². The summed E-state index contributed by atoms with van der Waals surface area (Å²) < 4.78 is 25.1. The van der Waals surface area contributed by atoms with Crippen LogP contribution in [-0.2, 0) is 14.8 Å². The van der Waals surface area contributed by atoms with Crippen LogP contribution in [0.4, 0.5) is 0 Å². The molecule has 0 spiro atoms. The van der Waals surface area contributed by atoms with Crippen molar-refractivity contribution < 1.29 is 13.2 Å². The van der Waals surface area contributed by atoms with Crippen LogP contribution in [0.25, 0.3) is 0 Å². The third kappa shape index (κ3) is 3.62. The number of benzene rings is 1. The number of likely N-dealkylation sites (tertiary alicyclic amines) is 1. The van der Waals surface area contributed by atoms with Gasteiger partial charge in [0.1, 0.15) is 0 Å². The number of halogens is 1. The van der Waals surface area contributed by atoms with Crippen LogP contribution in [0.5, 0.6) is 0 Å². The van der Waals surface area contributed by atoms with Crippen molar-refractivity contribution in [3.63, 3.8) is 0 Å². The smallest absolute Gasteiger partial charge is 0.226 e. The Kier molecular flexibility index (Phi) is 4.18. The highest BCUT2D eigenvalue weighted by molar-refractivity contribution is 7.88. The molecule has 1 saturated heterocycles. The molecular weight excluding hydrogens is 324 g/mol. The van der Waals surface area contributed by atoms with Gasteiger partial charge in [0.05, 0.1) is 6.26 Å². The van der Waals surface area contributed by atoms with Crippen LogP contribution in [-0.4, -0.2) is 44.6 Å². The summed E-state index contributed by atoms with van der Waals surface area (Å²) in [5, 5.41) is 0.696. The van der Waals surface area contributed by atoms with Crippen molar-refractivity contribution in [1.82, 2.24) is 9.62 Å². The van der Waals surface area contributed by atoms with Gasteiger partial charge in [-0.05, 0) is 36.5 Å². The molecule has 1 aromatic carbocycles. The molecule has 7 heteroatoms. The van der Waals surface area contributed by atoms with Gasteiger partial charge in [-0.2, -0.15) is 0 Å². The zero-order valence-electron chi connectivity index (χ0n) is 12.3. The van der Waals surface area contributed by atoms with E-state index in [1.54, 1.807) is 4.90 Å². The van der Waals surface area contributed by atoms with Gasteiger partial charge >= 0.3 is 0 Å². The molecule has 0 unspecified atom stereocenters. The van der Waals surface area contributed by atoms with Gasteiger partial charge in [0.25, 0.3) is 0 Å². The second kappa shape index (κ2) is 5.83. The van der Waals surface area contributed by atoms with Crippen LogP contribution in [0.3, 0.4) is 0 Å². The maximum absolute atomic E-state index is 12.5. The van der Waals surface area contributed by atoms with Gasteiger partial charge < -0.3 is 4.90 Å². The number of hydrogen-bond donors (Lipinski definition) is 1. The summed E-state index contributed by atoms with van der Waals surface area (Å²) in [7, 11) is -3.22. The fourth-order valence-corrected chi connectivity index (χ4v) is 4.06. The Morgan fingerprint density at radius 3 is 2.64 bits per heavy atom. The number of carbonyl (C=O) groups is 1. The van der Waals surface area contributed by atoms with Crippen molar-refractivity contribution in [1.29, 1.82) is 0 Å². The lowest BCUT2D eigenvalue weighted by Crippen LogP contribution is -2.38. The molecule has 0 aromatic heterocycles. The van der Waals surface area contributed by atoms with Gasteiger partial charge in [-0.3, -0.25) is 4.79 Å². The predicted octanol–water partition coefficient (Wildman–Crippen LogP) is 1.59. The SMILES string of the molecule is CS(=O)(=O)N[C@@H]1CCN(C(=O)[C@H]2C[C@H]2c2ccc(Cl)cc2)C1. The molecular formula is C15H19ClN2O3S. The molecule has 1 saturated carbocycles. The second-order valence-corrected chi connectivity index (χ2v) is 8.38. The predicted molar refractivity (Wildman–Crippen MR) is 85.3 cm³/mol. The van der Waals surface area contributed by atoms with Gasteiger partial charge in [0, 0.05) is 30.1 Å². The van der Waals surface area contributed by atoms with Crippen LogP contribution in [0.1, 0.15) is 24.3 Å². The first-order chi connectivity index (χ1) is 10.3. The Labute approximate surface area is 135 Å². The Morgan fingerprint density at radius 2 is 2.00 bits per heavy atom. The fraction of sp³-hybridized carbons (Fsp3) is 0.533. The first-order valence-electron chi connectivity index (χ1n) is 7.35. The zero-order valence-corrected chi connectivity index (χ0v) is 13.9. The molecule has 0 radical (unpaired) electrons. The van der Waals surface area contributed by atoms with Gasteiger partial charge in [0.2, 0.25) is 15.9 Å². The van der Waals surface area contributed by atoms with E-state index in [1.165, 1.54) is 0 Å². The first-order valence-corrected chi connectivity index (χ1v) is 9.62. The number of hydrogen-bond acceptors (Lipinski definition) is 3. The molecule has 0 bridgehead atoms. The zero-order chi connectivity index (χ0) is 15.9. The van der Waals surface area contributed by atoms with E-state index < -0.39 is 10.0 Å². The van der Waals surface area contributed by atoms with E-state index >= 15 is 0 Å². The Hall–Kier alpha value is -1.11. The summed E-state index contributed by atoms with van der Waals surface area (Å²) in [5.41, 5.74) is 1.15. The summed E-state index contributed by atoms with van der Waals surface area (Å²) in [6, 6.07) is 7.47. The van der Waals surface area contributed by atoms with Crippen LogP contribution < -0.4 is 4.72 Å². The molecule has 2 fully saturated rings. The van der Waals surface area contributed by atoms with Gasteiger partial charge in [-0.25, -0.2) is 13.1 Å². The quantitative estimate of drug-likeness (QED) is 0.903. The molecule has 3 atom stereocenters. The van der Waals surface area contributed by atoms with Crippen LogP contribution >= 0.6 is 11.6 Å². The van der Waals surface area contributed by atoms with Gasteiger partial charge in [-0.1, -0.05) is 23.7 Å². The summed E-state index contributed by atoms with van der Waals surface area (Å²) in [6.07, 6.45) is 2.69. The monoisotopic (exact) mass is 342 g/mol. The number of carbonyl (C=O) groups excluding carboxylic acids is 1. The maximum Gasteiger partial charge on any atom is 0.226 e. The van der Waals surface area contributed by atoms with Crippen molar-refractivity contribution in [2.75, 3.05) is 19.3 Å². The van der Waals surface area contributed by atoms with E-state index in [0.717, 1.165) is 18.2 Å². The fourth-order valence-electron chi connectivity index (χ4n) is 3.14. The lowest BCUT2D eigenvalue weighted by Gasteiger charge is -2.17. The highest BCUT2D eigenvalue weighted by Crippen LogP contribution is 2.48. The summed E-state index contributed by atoms with van der Waals surface area (Å²) in [4.78, 5) is 14.3. The average Bonchev–Trinajstić information content (AvgIpc) is 3.10. The molecule has 1 aliphatic carbocycles. The molecule has 3 rings (SSSR count). The molecule has 120 valence electrons. The number of sulfonamides is 1. The van der Waals surface area contributed by atoms with Crippen molar-refractivity contribution in [3.05, 3.63) is 34.9 Å². The Bertz CT molecular complexity index is 675. The van der Waals surface area contributed by atoms with Crippen molar-refractivity contribution >= 4 is 27.5 Å². The molecule has 2 aliphatic rings. The summed E-state index contributed by atoms with van der Waals surface area (Å²) in [5.74, 6) is 0.433. The molecule has 5 nitrogen and oxygen atoms in total. The Balaban J connectivity index is 1.57. The molecule has 1 amide bonds. The maximum atomic E-state index is 12.5. The highest BCUT2D eigenvalue weighted by Gasteiger charge is 2.46. The van der Waals surface area contributed by atoms with Crippen molar-refractivity contribution in [3.8, 4) is 0 Å². The molecule has 1 N–H and O–H groups in total. The number of nitrogens with one attached hydrogen (secondary N) is 1. The van der Waals surface area contributed by atoms with Gasteiger partial charge in [0.15, 0.2) is 0 Å². The number of rotatable bonds is 4. The lowest BCUT2D eigenvalue weighted by atomic mass is 10.1. The molecule has 1 heterocycles. The minimum atomic E-state index is -3.22. The second-order valence-electron chi connectivity index (χ2n) is 6.16. The standard InChI is InChI=1S/C15H19ClN2O3S/c1-22(20,21)17-12-6-7-18(9-12)15(19)14-8-13(14)10-2-4-11(16)5-3-10/h2-5,12-14,17H,6-9H2,1H3/t12-,13+,14+/m1/s1. The van der Waals surface area contributed by atoms with Crippen LogP contribution in [0.15, 0.2) is 24.3 Å². The Morgan fingerprint density at radius 1 is 1.32 bits per heavy atom. The first kappa shape index (κ1) is 15.8. The summed E-state index contributed by atoms with van der Waals surface area (Å²) in [6.45, 7) is 1.09. The topological polar surface area (TPSA) is 66.5 Å². The van der Waals surface area contributed by atoms with E-state index in [4.69, 9.17) is 11.6 Å². The number of nitrogens with zero attached hydrogens (tertiary/aromatic N) is 1. The minimum Gasteiger partial charge on any atom is -0.341 e. The van der Waals surface area contributed by atoms with Crippen LogP contribution in [0.2, 0.25) is 5.02 Å². The van der Waals surface area contributed by atoms with E-state index in [2.05, 4.69) is 4.72 Å². The van der Waals surface area contributed by atoms with E-state index in [9.17, 15) is 13.2 Å². The molecule has 1 aromatic rings. The molecule has 22 heavy (non-hydrogen) atoms. The third-order valence-corrected chi connectivity index (χ3v) is 5.30. The average molecular weight is 343 g/mol. The van der Waals surface area contributed by atoms with Gasteiger partial charge in [-0.15, -0.1) is 0 Å². The minimum absolute atomic E-state index is 0.0261. The summed E-state index contributed by atoms with van der Waals surface area (Å²) >= 11 is 5.88. The van der Waals surface area contributed by atoms with E-state index in [1.807, 2.05) is 24.3 Å². The van der Waals surface area contributed by atoms with Crippen molar-refractivity contribution in [2.45, 2.75) is 24.8 Å². The number of amides is 1. The lowest BCUT2D eigenvalue weighted by molar-refractivity contribution is -0.131.